The molecule has 0 aromatic carbocycles. The summed E-state index contributed by atoms with van der Waals surface area (Å²) in [4.78, 5) is 25.2. The number of rotatable bonds is 10. The van der Waals surface area contributed by atoms with Gasteiger partial charge in [0.1, 0.15) is 5.76 Å². The molecule has 0 spiro atoms. The van der Waals surface area contributed by atoms with Gasteiger partial charge in [0.05, 0.1) is 18.0 Å². The Hall–Kier alpha value is -1.89. The Bertz CT molecular complexity index is 507. The second-order valence-corrected chi connectivity index (χ2v) is 5.61. The van der Waals surface area contributed by atoms with Crippen LogP contribution in [-0.2, 0) is 20.7 Å². The number of carbonyl (C=O) groups excluding carboxylic acids is 1. The molecule has 7 nitrogen and oxygen atoms in total. The minimum absolute atomic E-state index is 0.121. The summed E-state index contributed by atoms with van der Waals surface area (Å²) in [6.07, 6.45) is 0.843. The summed E-state index contributed by atoms with van der Waals surface area (Å²) in [5, 5.41) is 12.9. The maximum absolute atomic E-state index is 12.6. The number of aliphatic carboxylic acids is 1. The van der Waals surface area contributed by atoms with Gasteiger partial charge in [-0.1, -0.05) is 12.1 Å². The van der Waals surface area contributed by atoms with Gasteiger partial charge in [0.25, 0.3) is 0 Å². The average molecular weight is 326 g/mol. The standard InChI is InChI=1S/C16H26N2O5/c1-5-22-8-6-7-18(10-11(2)16(20)21)15(19)9-14-12(3)17-23-13(14)4/h11H,5-10H2,1-4H3,(H,20,21). The number of carbonyl (C=O) groups is 2. The van der Waals surface area contributed by atoms with E-state index in [2.05, 4.69) is 5.16 Å². The number of ether oxygens (including phenoxy) is 1. The van der Waals surface area contributed by atoms with Crippen molar-refractivity contribution >= 4 is 11.9 Å². The van der Waals surface area contributed by atoms with E-state index in [1.165, 1.54) is 0 Å². The first-order valence-corrected chi connectivity index (χ1v) is 7.86. The molecule has 0 saturated carbocycles. The average Bonchev–Trinajstić information content (AvgIpc) is 2.81. The number of carboxylic acids is 1. The molecule has 0 aliphatic rings. The Kier molecular flexibility index (Phi) is 7.74. The molecule has 0 saturated heterocycles. The van der Waals surface area contributed by atoms with Gasteiger partial charge in [0.2, 0.25) is 5.91 Å². The van der Waals surface area contributed by atoms with Gasteiger partial charge >= 0.3 is 5.97 Å². The highest BCUT2D eigenvalue weighted by Crippen LogP contribution is 2.15. The van der Waals surface area contributed by atoms with Crippen LogP contribution < -0.4 is 0 Å². The first kappa shape index (κ1) is 19.2. The molecule has 1 N–H and O–H groups in total. The van der Waals surface area contributed by atoms with E-state index < -0.39 is 11.9 Å². The third-order valence-corrected chi connectivity index (χ3v) is 3.70. The van der Waals surface area contributed by atoms with Crippen LogP contribution in [0.3, 0.4) is 0 Å². The molecular formula is C16H26N2O5. The summed E-state index contributed by atoms with van der Waals surface area (Å²) in [7, 11) is 0. The molecule has 7 heteroatoms. The van der Waals surface area contributed by atoms with E-state index in [1.807, 2.05) is 6.92 Å². The van der Waals surface area contributed by atoms with Gasteiger partial charge in [0, 0.05) is 31.9 Å². The molecule has 1 rings (SSSR count). The van der Waals surface area contributed by atoms with E-state index >= 15 is 0 Å². The van der Waals surface area contributed by atoms with Crippen molar-refractivity contribution in [3.05, 3.63) is 17.0 Å². The lowest BCUT2D eigenvalue weighted by Gasteiger charge is -2.24. The maximum atomic E-state index is 12.6. The molecule has 0 aliphatic heterocycles. The maximum Gasteiger partial charge on any atom is 0.308 e. The smallest absolute Gasteiger partial charge is 0.308 e. The number of aryl methyl sites for hydroxylation is 2. The highest BCUT2D eigenvalue weighted by molar-refractivity contribution is 5.80. The Morgan fingerprint density at radius 3 is 2.61 bits per heavy atom. The van der Waals surface area contributed by atoms with Crippen LogP contribution >= 0.6 is 0 Å². The number of aromatic nitrogens is 1. The molecule has 1 aromatic rings. The highest BCUT2D eigenvalue weighted by atomic mass is 16.5. The summed E-state index contributed by atoms with van der Waals surface area (Å²) in [5.74, 6) is -1.03. The van der Waals surface area contributed by atoms with Crippen LogP contribution in [0.2, 0.25) is 0 Å². The van der Waals surface area contributed by atoms with Gasteiger partial charge in [-0.3, -0.25) is 9.59 Å². The van der Waals surface area contributed by atoms with E-state index in [-0.39, 0.29) is 18.9 Å². The van der Waals surface area contributed by atoms with Gasteiger partial charge < -0.3 is 19.3 Å². The van der Waals surface area contributed by atoms with Crippen LogP contribution in [0.4, 0.5) is 0 Å². The van der Waals surface area contributed by atoms with Gasteiger partial charge in [-0.2, -0.15) is 0 Å². The molecule has 1 atom stereocenters. The molecule has 130 valence electrons. The fourth-order valence-electron chi connectivity index (χ4n) is 2.25. The summed E-state index contributed by atoms with van der Waals surface area (Å²) >= 11 is 0. The number of hydrogen-bond acceptors (Lipinski definition) is 5. The molecule has 1 unspecified atom stereocenters. The molecule has 0 fully saturated rings. The fourth-order valence-corrected chi connectivity index (χ4v) is 2.25. The molecule has 0 radical (unpaired) electrons. The lowest BCUT2D eigenvalue weighted by molar-refractivity contribution is -0.143. The Morgan fingerprint density at radius 2 is 2.09 bits per heavy atom. The normalized spacial score (nSPS) is 12.2. The summed E-state index contributed by atoms with van der Waals surface area (Å²) < 4.78 is 10.4. The van der Waals surface area contributed by atoms with Crippen molar-refractivity contribution in [2.75, 3.05) is 26.3 Å². The van der Waals surface area contributed by atoms with E-state index in [1.54, 1.807) is 25.7 Å². The third kappa shape index (κ3) is 6.02. The summed E-state index contributed by atoms with van der Waals surface area (Å²) in [6.45, 7) is 8.89. The second kappa shape index (κ2) is 9.29. The summed E-state index contributed by atoms with van der Waals surface area (Å²) in [6, 6.07) is 0. The number of hydrogen-bond donors (Lipinski definition) is 1. The van der Waals surface area contributed by atoms with Crippen LogP contribution in [0.15, 0.2) is 4.52 Å². The van der Waals surface area contributed by atoms with Gasteiger partial charge in [-0.25, -0.2) is 0 Å². The largest absolute Gasteiger partial charge is 0.481 e. The monoisotopic (exact) mass is 326 g/mol. The predicted octanol–water partition coefficient (Wildman–Crippen LogP) is 1.81. The van der Waals surface area contributed by atoms with Crippen molar-refractivity contribution in [2.45, 2.75) is 40.5 Å². The summed E-state index contributed by atoms with van der Waals surface area (Å²) in [5.41, 5.74) is 1.46. The van der Waals surface area contributed by atoms with Crippen LogP contribution in [-0.4, -0.2) is 53.3 Å². The van der Waals surface area contributed by atoms with E-state index in [0.717, 1.165) is 5.56 Å². The molecule has 0 bridgehead atoms. The van der Waals surface area contributed by atoms with Crippen molar-refractivity contribution in [1.82, 2.24) is 10.1 Å². The molecule has 1 aromatic heterocycles. The first-order valence-electron chi connectivity index (χ1n) is 7.86. The topological polar surface area (TPSA) is 92.9 Å². The zero-order valence-corrected chi connectivity index (χ0v) is 14.3. The van der Waals surface area contributed by atoms with Crippen molar-refractivity contribution in [1.29, 1.82) is 0 Å². The van der Waals surface area contributed by atoms with E-state index in [4.69, 9.17) is 14.4 Å². The lowest BCUT2D eigenvalue weighted by atomic mass is 10.1. The van der Waals surface area contributed by atoms with Crippen LogP contribution in [0.25, 0.3) is 0 Å². The van der Waals surface area contributed by atoms with Crippen LogP contribution in [0, 0.1) is 19.8 Å². The van der Waals surface area contributed by atoms with Crippen molar-refractivity contribution in [3.63, 3.8) is 0 Å². The zero-order valence-electron chi connectivity index (χ0n) is 14.3. The predicted molar refractivity (Wildman–Crippen MR) is 84.2 cm³/mol. The number of nitrogens with zero attached hydrogens (tertiary/aromatic N) is 2. The molecule has 0 aliphatic carbocycles. The molecule has 1 heterocycles. The van der Waals surface area contributed by atoms with Gasteiger partial charge in [-0.15, -0.1) is 0 Å². The highest BCUT2D eigenvalue weighted by Gasteiger charge is 2.22. The number of carboxylic acid groups (broad SMARTS) is 1. The van der Waals surface area contributed by atoms with Crippen molar-refractivity contribution in [3.8, 4) is 0 Å². The Balaban J connectivity index is 2.72. The second-order valence-electron chi connectivity index (χ2n) is 5.61. The van der Waals surface area contributed by atoms with Gasteiger partial charge in [0.15, 0.2) is 0 Å². The quantitative estimate of drug-likeness (QED) is 0.659. The Morgan fingerprint density at radius 1 is 1.39 bits per heavy atom. The minimum Gasteiger partial charge on any atom is -0.481 e. The molecule has 1 amide bonds. The van der Waals surface area contributed by atoms with Crippen LogP contribution in [0.5, 0.6) is 0 Å². The van der Waals surface area contributed by atoms with Crippen LogP contribution in [0.1, 0.15) is 37.3 Å². The minimum atomic E-state index is -0.912. The lowest BCUT2D eigenvalue weighted by Crippen LogP contribution is -2.39. The van der Waals surface area contributed by atoms with Gasteiger partial charge in [-0.05, 0) is 27.2 Å². The van der Waals surface area contributed by atoms with E-state index in [0.29, 0.717) is 37.6 Å². The molecule has 23 heavy (non-hydrogen) atoms. The zero-order chi connectivity index (χ0) is 17.4. The first-order chi connectivity index (χ1) is 10.9. The SMILES string of the molecule is CCOCCCN(CC(C)C(=O)O)C(=O)Cc1c(C)noc1C. The Labute approximate surface area is 136 Å². The fraction of sp³-hybridized carbons (Fsp3) is 0.688. The van der Waals surface area contributed by atoms with E-state index in [9.17, 15) is 9.59 Å². The van der Waals surface area contributed by atoms with Crippen molar-refractivity contribution < 1.29 is 24.0 Å². The third-order valence-electron chi connectivity index (χ3n) is 3.70. The van der Waals surface area contributed by atoms with Crippen molar-refractivity contribution in [2.24, 2.45) is 5.92 Å². The number of amides is 1. The molecular weight excluding hydrogens is 300 g/mol.